The first-order valence-corrected chi connectivity index (χ1v) is 13.0. The fraction of sp³-hybridized carbons (Fsp3) is 1.00. The number of hydrogen-bond acceptors (Lipinski definition) is 4. The fourth-order valence-electron chi connectivity index (χ4n) is 3.47. The minimum Gasteiger partial charge on any atom is -0.748 e. The van der Waals surface area contributed by atoms with Crippen LogP contribution < -0.4 is 51.4 Å². The van der Waals surface area contributed by atoms with E-state index < -0.39 is 21.5 Å². The topological polar surface area (TPSA) is 77.4 Å². The van der Waals surface area contributed by atoms with Gasteiger partial charge in [-0.3, -0.25) is 0 Å². The number of aliphatic hydroxyl groups excluding tert-OH is 1. The maximum Gasteiger partial charge on any atom is 1.00 e. The van der Waals surface area contributed by atoms with Crippen LogP contribution in [0.25, 0.3) is 0 Å². The Morgan fingerprint density at radius 2 is 1.04 bits per heavy atom. The molecule has 0 aromatic rings. The summed E-state index contributed by atoms with van der Waals surface area (Å²) in [5.74, 6) is 0. The van der Waals surface area contributed by atoms with Gasteiger partial charge in [0.1, 0.15) is 0 Å². The molecule has 2 unspecified atom stereocenters. The van der Waals surface area contributed by atoms with E-state index in [1.165, 1.54) is 90.4 Å². The van der Waals surface area contributed by atoms with Gasteiger partial charge in [0.05, 0.1) is 16.2 Å². The molecule has 0 heterocycles. The Morgan fingerprint density at radius 3 is 1.39 bits per heavy atom. The van der Waals surface area contributed by atoms with Gasteiger partial charge in [-0.1, -0.05) is 103 Å². The normalized spacial score (nSPS) is 13.9. The Morgan fingerprint density at radius 1 is 0.679 bits per heavy atom. The second kappa shape index (κ2) is 21.7. The molecule has 0 radical (unpaired) electrons. The van der Waals surface area contributed by atoms with E-state index in [1.54, 1.807) is 0 Å². The molecule has 164 valence electrons. The molecule has 0 saturated carbocycles. The van der Waals surface area contributed by atoms with E-state index in [2.05, 4.69) is 6.92 Å². The molecule has 0 aromatic carbocycles. The van der Waals surface area contributed by atoms with Crippen LogP contribution in [0, 0.1) is 0 Å². The summed E-state index contributed by atoms with van der Waals surface area (Å²) in [5, 5.41) is 8.98. The molecule has 0 aromatic heterocycles. The van der Waals surface area contributed by atoms with Crippen LogP contribution in [0.15, 0.2) is 0 Å². The van der Waals surface area contributed by atoms with E-state index in [0.717, 1.165) is 12.8 Å². The van der Waals surface area contributed by atoms with Crippen molar-refractivity contribution in [3.05, 3.63) is 0 Å². The van der Waals surface area contributed by atoms with E-state index >= 15 is 0 Å². The third-order valence-corrected chi connectivity index (χ3v) is 6.76. The first kappa shape index (κ1) is 31.7. The monoisotopic (exact) mass is 444 g/mol. The largest absolute Gasteiger partial charge is 1.00 e. The zero-order valence-corrected chi connectivity index (χ0v) is 22.9. The second-order valence-electron chi connectivity index (χ2n) is 8.27. The van der Waals surface area contributed by atoms with Crippen LogP contribution in [0.1, 0.15) is 129 Å². The molecular formula is C22H45KO4S. The maximum absolute atomic E-state index is 10.8. The van der Waals surface area contributed by atoms with E-state index in [9.17, 15) is 18.1 Å². The molecule has 0 spiro atoms. The first-order chi connectivity index (χ1) is 12.9. The van der Waals surface area contributed by atoms with Gasteiger partial charge in [0.25, 0.3) is 0 Å². The molecule has 2 atom stereocenters. The fourth-order valence-corrected chi connectivity index (χ4v) is 3.89. The molecule has 0 aliphatic heterocycles. The molecule has 0 aliphatic rings. The van der Waals surface area contributed by atoms with E-state index in [4.69, 9.17) is 0 Å². The first-order valence-electron chi connectivity index (χ1n) is 11.5. The molecule has 0 fully saturated rings. The Labute approximate surface area is 218 Å². The van der Waals surface area contributed by atoms with E-state index in [1.807, 2.05) is 0 Å². The molecule has 4 nitrogen and oxygen atoms in total. The zero-order valence-electron chi connectivity index (χ0n) is 19.0. The summed E-state index contributed by atoms with van der Waals surface area (Å²) in [6.07, 6.45) is 20.7. The van der Waals surface area contributed by atoms with Crippen molar-refractivity contribution >= 4 is 10.1 Å². The minimum atomic E-state index is -4.21. The van der Waals surface area contributed by atoms with E-state index in [0.29, 0.717) is 12.8 Å². The predicted octanol–water partition coefficient (Wildman–Crippen LogP) is 3.33. The van der Waals surface area contributed by atoms with Crippen molar-refractivity contribution in [2.24, 2.45) is 0 Å². The van der Waals surface area contributed by atoms with Gasteiger partial charge in [-0.25, -0.2) is 8.42 Å². The molecule has 0 amide bonds. The number of unbranched alkanes of at least 4 members (excludes halogenated alkanes) is 14. The minimum absolute atomic E-state index is 0. The van der Waals surface area contributed by atoms with Gasteiger partial charge in [-0.15, -0.1) is 0 Å². The van der Waals surface area contributed by atoms with Crippen molar-refractivity contribution in [2.45, 2.75) is 141 Å². The summed E-state index contributed by atoms with van der Waals surface area (Å²) in [7, 11) is -4.21. The molecule has 6 heteroatoms. The van der Waals surface area contributed by atoms with Crippen LogP contribution in [0.2, 0.25) is 0 Å². The van der Waals surface area contributed by atoms with Crippen molar-refractivity contribution in [3.63, 3.8) is 0 Å². The maximum atomic E-state index is 10.8. The third-order valence-electron chi connectivity index (χ3n) is 5.54. The molecule has 28 heavy (non-hydrogen) atoms. The number of rotatable bonds is 20. The summed E-state index contributed by atoms with van der Waals surface area (Å²) < 4.78 is 32.4. The third kappa shape index (κ3) is 22.2. The average molecular weight is 445 g/mol. The van der Waals surface area contributed by atoms with Gasteiger partial charge in [0.15, 0.2) is 0 Å². The Hall–Kier alpha value is 1.51. The summed E-state index contributed by atoms with van der Waals surface area (Å²) >= 11 is 0. The van der Waals surface area contributed by atoms with Crippen molar-refractivity contribution in [2.75, 3.05) is 0 Å². The standard InChI is InChI=1S/C22H46O4S.K/c1-3-4-5-6-7-8-9-10-11-12-13-14-15-16-17-18-22(23)20-19-21(2)27(24,25)26;/h21-23H,3-20H2,1-2H3,(H,24,25,26);/q;+1/p-1. The second-order valence-corrected chi connectivity index (χ2v) is 10.1. The van der Waals surface area contributed by atoms with E-state index in [-0.39, 0.29) is 57.8 Å². The van der Waals surface area contributed by atoms with Gasteiger partial charge in [0, 0.05) is 5.25 Å². The summed E-state index contributed by atoms with van der Waals surface area (Å²) in [6, 6.07) is 0. The summed E-state index contributed by atoms with van der Waals surface area (Å²) in [5.41, 5.74) is 0. The van der Waals surface area contributed by atoms with Crippen LogP contribution >= 0.6 is 0 Å². The van der Waals surface area contributed by atoms with Crippen LogP contribution in [-0.2, 0) is 10.1 Å². The van der Waals surface area contributed by atoms with Crippen LogP contribution in [-0.4, -0.2) is 29.4 Å². The Kier molecular flexibility index (Phi) is 24.6. The van der Waals surface area contributed by atoms with Crippen LogP contribution in [0.3, 0.4) is 0 Å². The molecule has 1 N–H and O–H groups in total. The Bertz CT molecular complexity index is 415. The predicted molar refractivity (Wildman–Crippen MR) is 114 cm³/mol. The van der Waals surface area contributed by atoms with Gasteiger partial charge in [0.2, 0.25) is 0 Å². The van der Waals surface area contributed by atoms with Gasteiger partial charge in [-0.05, 0) is 26.2 Å². The molecule has 0 bridgehead atoms. The molecule has 0 aliphatic carbocycles. The van der Waals surface area contributed by atoms with Crippen molar-refractivity contribution in [1.29, 1.82) is 0 Å². The molecular weight excluding hydrogens is 399 g/mol. The zero-order chi connectivity index (χ0) is 20.4. The summed E-state index contributed by atoms with van der Waals surface area (Å²) in [6.45, 7) is 3.68. The van der Waals surface area contributed by atoms with Crippen molar-refractivity contribution in [1.82, 2.24) is 0 Å². The summed E-state index contributed by atoms with van der Waals surface area (Å²) in [4.78, 5) is 0. The van der Waals surface area contributed by atoms with Crippen LogP contribution in [0.5, 0.6) is 0 Å². The van der Waals surface area contributed by atoms with Gasteiger partial charge >= 0.3 is 51.4 Å². The molecule has 0 rings (SSSR count). The Balaban J connectivity index is 0. The number of hydrogen-bond donors (Lipinski definition) is 1. The van der Waals surface area contributed by atoms with Crippen LogP contribution in [0.4, 0.5) is 0 Å². The number of aliphatic hydroxyl groups is 1. The van der Waals surface area contributed by atoms with Crippen molar-refractivity contribution < 1.29 is 69.5 Å². The van der Waals surface area contributed by atoms with Crippen molar-refractivity contribution in [3.8, 4) is 0 Å². The SMILES string of the molecule is CCCCCCCCCCCCCCCCCC(O)CCC(C)S(=O)(=O)[O-].[K+]. The van der Waals surface area contributed by atoms with Gasteiger partial charge in [-0.2, -0.15) is 0 Å². The smallest absolute Gasteiger partial charge is 0.748 e. The molecule has 0 saturated heterocycles. The van der Waals surface area contributed by atoms with Gasteiger partial charge < -0.3 is 9.66 Å². The average Bonchev–Trinajstić information content (AvgIpc) is 2.62. The quantitative estimate of drug-likeness (QED) is 0.177.